The van der Waals surface area contributed by atoms with Crippen LogP contribution in [0.25, 0.3) is 0 Å². The molecule has 0 atom stereocenters. The SMILES string of the molecule is CN(CC(C)(C)CN)C(=O)c1cccc(S(C)(=O)=O)c1.Cl. The van der Waals surface area contributed by atoms with Crippen LogP contribution >= 0.6 is 12.4 Å². The smallest absolute Gasteiger partial charge is 0.253 e. The Labute approximate surface area is 132 Å². The summed E-state index contributed by atoms with van der Waals surface area (Å²) in [5.41, 5.74) is 5.84. The second-order valence-corrected chi connectivity index (χ2v) is 7.85. The van der Waals surface area contributed by atoms with Gasteiger partial charge in [0.05, 0.1) is 4.90 Å². The van der Waals surface area contributed by atoms with Crippen LogP contribution in [0.15, 0.2) is 29.2 Å². The van der Waals surface area contributed by atoms with E-state index in [-0.39, 0.29) is 28.6 Å². The number of carbonyl (C=O) groups excluding carboxylic acids is 1. The molecule has 0 spiro atoms. The number of halogens is 1. The van der Waals surface area contributed by atoms with Crippen LogP contribution in [0.1, 0.15) is 24.2 Å². The van der Waals surface area contributed by atoms with Crippen molar-refractivity contribution in [2.45, 2.75) is 18.7 Å². The number of hydrogen-bond acceptors (Lipinski definition) is 4. The van der Waals surface area contributed by atoms with Gasteiger partial charge < -0.3 is 10.6 Å². The maximum atomic E-state index is 12.3. The van der Waals surface area contributed by atoms with Crippen LogP contribution in [0.2, 0.25) is 0 Å². The molecular formula is C14H23ClN2O3S. The molecule has 0 aliphatic carbocycles. The normalized spacial score (nSPS) is 11.7. The van der Waals surface area contributed by atoms with Gasteiger partial charge in [0.1, 0.15) is 0 Å². The number of rotatable bonds is 5. The van der Waals surface area contributed by atoms with Gasteiger partial charge in [-0.05, 0) is 30.2 Å². The van der Waals surface area contributed by atoms with Crippen LogP contribution in [0.5, 0.6) is 0 Å². The predicted molar refractivity (Wildman–Crippen MR) is 86.6 cm³/mol. The van der Waals surface area contributed by atoms with Gasteiger partial charge in [-0.2, -0.15) is 0 Å². The molecule has 0 aromatic heterocycles. The molecule has 0 fully saturated rings. The van der Waals surface area contributed by atoms with Crippen molar-refractivity contribution in [2.24, 2.45) is 11.1 Å². The van der Waals surface area contributed by atoms with Gasteiger partial charge in [0.15, 0.2) is 9.84 Å². The first-order chi connectivity index (χ1) is 9.07. The molecule has 0 unspecified atom stereocenters. The molecule has 7 heteroatoms. The third-order valence-electron chi connectivity index (χ3n) is 3.07. The molecular weight excluding hydrogens is 312 g/mol. The fourth-order valence-corrected chi connectivity index (χ4v) is 2.53. The van der Waals surface area contributed by atoms with Gasteiger partial charge in [-0.3, -0.25) is 4.79 Å². The summed E-state index contributed by atoms with van der Waals surface area (Å²) < 4.78 is 23.0. The highest BCUT2D eigenvalue weighted by Crippen LogP contribution is 2.17. The van der Waals surface area contributed by atoms with Gasteiger partial charge in [0.2, 0.25) is 0 Å². The highest BCUT2D eigenvalue weighted by molar-refractivity contribution is 7.90. The minimum Gasteiger partial charge on any atom is -0.341 e. The topological polar surface area (TPSA) is 80.5 Å². The Balaban J connectivity index is 0.00000400. The lowest BCUT2D eigenvalue weighted by Gasteiger charge is -2.29. The number of carbonyl (C=O) groups is 1. The summed E-state index contributed by atoms with van der Waals surface area (Å²) in [5, 5.41) is 0. The van der Waals surface area contributed by atoms with Gasteiger partial charge in [0.25, 0.3) is 5.91 Å². The Kier molecular flexibility index (Phi) is 6.86. The molecule has 1 aromatic rings. The van der Waals surface area contributed by atoms with E-state index >= 15 is 0 Å². The number of benzene rings is 1. The summed E-state index contributed by atoms with van der Waals surface area (Å²) >= 11 is 0. The molecule has 120 valence electrons. The molecule has 0 saturated carbocycles. The van der Waals surface area contributed by atoms with E-state index in [0.29, 0.717) is 18.7 Å². The summed E-state index contributed by atoms with van der Waals surface area (Å²) in [4.78, 5) is 14.0. The largest absolute Gasteiger partial charge is 0.341 e. The Morgan fingerprint density at radius 2 is 1.90 bits per heavy atom. The third kappa shape index (κ3) is 5.65. The Bertz CT molecular complexity index is 600. The average Bonchev–Trinajstić information content (AvgIpc) is 2.36. The molecule has 5 nitrogen and oxygen atoms in total. The van der Waals surface area contributed by atoms with Crippen molar-refractivity contribution in [1.82, 2.24) is 4.90 Å². The number of amides is 1. The molecule has 1 amide bonds. The first-order valence-corrected chi connectivity index (χ1v) is 8.22. The van der Waals surface area contributed by atoms with Crippen LogP contribution in [0.4, 0.5) is 0 Å². The van der Waals surface area contributed by atoms with Crippen molar-refractivity contribution in [3.8, 4) is 0 Å². The van der Waals surface area contributed by atoms with E-state index in [1.165, 1.54) is 12.1 Å². The van der Waals surface area contributed by atoms with E-state index in [9.17, 15) is 13.2 Å². The standard InChI is InChI=1S/C14H22N2O3S.ClH/c1-14(2,9-15)10-16(3)13(17)11-6-5-7-12(8-11)20(4,18)19;/h5-8H,9-10,15H2,1-4H3;1H. The van der Waals surface area contributed by atoms with E-state index in [1.54, 1.807) is 24.1 Å². The van der Waals surface area contributed by atoms with Gasteiger partial charge in [-0.25, -0.2) is 8.42 Å². The minimum atomic E-state index is -3.32. The fraction of sp³-hybridized carbons (Fsp3) is 0.500. The predicted octanol–water partition coefficient (Wildman–Crippen LogP) is 1.57. The molecule has 21 heavy (non-hydrogen) atoms. The Hall–Kier alpha value is -1.11. The van der Waals surface area contributed by atoms with Crippen molar-refractivity contribution in [1.29, 1.82) is 0 Å². The van der Waals surface area contributed by atoms with Gasteiger partial charge in [0, 0.05) is 25.4 Å². The summed E-state index contributed by atoms with van der Waals surface area (Å²) in [5.74, 6) is -0.211. The van der Waals surface area contributed by atoms with Crippen LogP contribution < -0.4 is 5.73 Å². The molecule has 0 aliphatic heterocycles. The fourth-order valence-electron chi connectivity index (χ4n) is 1.86. The highest BCUT2D eigenvalue weighted by atomic mass is 35.5. The highest BCUT2D eigenvalue weighted by Gasteiger charge is 2.22. The van der Waals surface area contributed by atoms with Gasteiger partial charge in [-0.15, -0.1) is 12.4 Å². The van der Waals surface area contributed by atoms with Gasteiger partial charge >= 0.3 is 0 Å². The van der Waals surface area contributed by atoms with Crippen molar-refractivity contribution < 1.29 is 13.2 Å². The van der Waals surface area contributed by atoms with E-state index in [2.05, 4.69) is 0 Å². The second-order valence-electron chi connectivity index (χ2n) is 5.83. The third-order valence-corrected chi connectivity index (χ3v) is 4.18. The molecule has 1 aromatic carbocycles. The Morgan fingerprint density at radius 3 is 2.38 bits per heavy atom. The molecule has 0 bridgehead atoms. The zero-order valence-electron chi connectivity index (χ0n) is 12.8. The van der Waals surface area contributed by atoms with E-state index in [1.807, 2.05) is 13.8 Å². The maximum absolute atomic E-state index is 12.3. The quantitative estimate of drug-likeness (QED) is 0.886. The lowest BCUT2D eigenvalue weighted by molar-refractivity contribution is 0.0740. The molecule has 0 saturated heterocycles. The average molecular weight is 335 g/mol. The summed E-state index contributed by atoms with van der Waals surface area (Å²) in [6.45, 7) is 4.92. The van der Waals surface area contributed by atoms with E-state index in [0.717, 1.165) is 6.26 Å². The van der Waals surface area contributed by atoms with Crippen LogP contribution in [0.3, 0.4) is 0 Å². The summed E-state index contributed by atoms with van der Waals surface area (Å²) in [7, 11) is -1.63. The monoisotopic (exact) mass is 334 g/mol. The maximum Gasteiger partial charge on any atom is 0.253 e. The number of hydrogen-bond donors (Lipinski definition) is 1. The van der Waals surface area contributed by atoms with Crippen molar-refractivity contribution >= 4 is 28.2 Å². The lowest BCUT2D eigenvalue weighted by Crippen LogP contribution is -2.39. The van der Waals surface area contributed by atoms with Crippen molar-refractivity contribution in [3.63, 3.8) is 0 Å². The van der Waals surface area contributed by atoms with Gasteiger partial charge in [-0.1, -0.05) is 19.9 Å². The minimum absolute atomic E-state index is 0. The number of sulfone groups is 1. The van der Waals surface area contributed by atoms with Crippen LogP contribution in [0, 0.1) is 5.41 Å². The second kappa shape index (κ2) is 7.24. The Morgan fingerprint density at radius 1 is 1.33 bits per heavy atom. The zero-order chi connectivity index (χ0) is 15.6. The van der Waals surface area contributed by atoms with E-state index < -0.39 is 9.84 Å². The summed E-state index contributed by atoms with van der Waals surface area (Å²) in [6.07, 6.45) is 1.12. The van der Waals surface area contributed by atoms with Crippen molar-refractivity contribution in [2.75, 3.05) is 26.4 Å². The van der Waals surface area contributed by atoms with E-state index in [4.69, 9.17) is 5.73 Å². The summed E-state index contributed by atoms with van der Waals surface area (Å²) in [6, 6.07) is 6.08. The van der Waals surface area contributed by atoms with Crippen LogP contribution in [-0.4, -0.2) is 45.6 Å². The first-order valence-electron chi connectivity index (χ1n) is 6.32. The molecule has 0 heterocycles. The molecule has 1 rings (SSSR count). The first kappa shape index (κ1) is 19.9. The molecule has 2 N–H and O–H groups in total. The number of nitrogens with two attached hydrogens (primary N) is 1. The molecule has 0 radical (unpaired) electrons. The number of nitrogens with zero attached hydrogens (tertiary/aromatic N) is 1. The zero-order valence-corrected chi connectivity index (χ0v) is 14.4. The molecule has 0 aliphatic rings. The van der Waals surface area contributed by atoms with Crippen LogP contribution in [-0.2, 0) is 9.84 Å². The van der Waals surface area contributed by atoms with Crippen molar-refractivity contribution in [3.05, 3.63) is 29.8 Å². The lowest BCUT2D eigenvalue weighted by atomic mass is 9.93.